The van der Waals surface area contributed by atoms with Gasteiger partial charge in [0.15, 0.2) is 0 Å². The van der Waals surface area contributed by atoms with E-state index in [1.807, 2.05) is 26.1 Å². The number of pyridine rings is 1. The number of piperidine rings is 1. The molecule has 2 aromatic carbocycles. The Morgan fingerprint density at radius 3 is 2.63 bits per heavy atom. The molecule has 6 heterocycles. The third-order valence-corrected chi connectivity index (χ3v) is 11.6. The predicted octanol–water partition coefficient (Wildman–Crippen LogP) is 5.34. The lowest BCUT2D eigenvalue weighted by Crippen LogP contribution is -2.54. The molecular weight excluding hydrogens is 773 g/mol. The molecule has 2 saturated heterocycles. The van der Waals surface area contributed by atoms with E-state index in [1.165, 1.54) is 12.1 Å². The highest BCUT2D eigenvalue weighted by molar-refractivity contribution is 6.19. The molecule has 2 bridgehead atoms. The van der Waals surface area contributed by atoms with Crippen molar-refractivity contribution in [1.82, 2.24) is 25.0 Å². The molecule has 0 aliphatic carbocycles. The lowest BCUT2D eigenvalue weighted by atomic mass is 9.89. The number of anilines is 4. The fourth-order valence-electron chi connectivity index (χ4n) is 8.56. The molecule has 2 aromatic heterocycles. The lowest BCUT2D eigenvalue weighted by molar-refractivity contribution is -0.134. The van der Waals surface area contributed by atoms with Crippen LogP contribution in [0, 0.1) is 35.8 Å². The van der Waals surface area contributed by atoms with E-state index in [1.54, 1.807) is 23.0 Å². The molecule has 15 nitrogen and oxygen atoms in total. The van der Waals surface area contributed by atoms with Gasteiger partial charge in [-0.15, -0.1) is 0 Å². The Bertz CT molecular complexity index is 2390. The SMILES string of the molecule is Cc1cc2cc(n1)-c1cnn(C)c1OCCC[C@@H](C)CN1/C(=N/C2=O)Nc2ccc(N3CCN(CCNc4cc(F)c([C@H]5CCC(=O)NC5=O)c(F)c4)C[C@@H]3CC#N)cc21. The molecule has 8 rings (SSSR count). The van der Waals surface area contributed by atoms with Crippen LogP contribution in [0.4, 0.5) is 31.5 Å². The number of aromatic nitrogens is 3. The Balaban J connectivity index is 0.969. The summed E-state index contributed by atoms with van der Waals surface area (Å²) in [6.45, 7) is 7.99. The smallest absolute Gasteiger partial charge is 0.280 e. The fraction of sp³-hybridized carbons (Fsp3) is 0.419. The second-order valence-electron chi connectivity index (χ2n) is 15.9. The Kier molecular flexibility index (Phi) is 11.5. The largest absolute Gasteiger partial charge is 0.477 e. The van der Waals surface area contributed by atoms with Crippen molar-refractivity contribution in [2.45, 2.75) is 57.9 Å². The number of hydrogen-bond donors (Lipinski definition) is 3. The van der Waals surface area contributed by atoms with E-state index in [-0.39, 0.29) is 42.5 Å². The Hall–Kier alpha value is -6.41. The first-order valence-electron chi connectivity index (χ1n) is 20.3. The third kappa shape index (κ3) is 8.37. The number of imide groups is 1. The van der Waals surface area contributed by atoms with Crippen LogP contribution in [0.1, 0.15) is 66.6 Å². The first kappa shape index (κ1) is 40.4. The average molecular weight is 820 g/mol. The summed E-state index contributed by atoms with van der Waals surface area (Å²) in [6.07, 6.45) is 3.73. The van der Waals surface area contributed by atoms with Crippen molar-refractivity contribution in [1.29, 1.82) is 5.26 Å². The van der Waals surface area contributed by atoms with Gasteiger partial charge in [0.05, 0.1) is 59.9 Å². The highest BCUT2D eigenvalue weighted by atomic mass is 19.1. The molecule has 17 heteroatoms. The topological polar surface area (TPSA) is 173 Å². The molecule has 60 heavy (non-hydrogen) atoms. The van der Waals surface area contributed by atoms with Gasteiger partial charge in [-0.1, -0.05) is 6.92 Å². The summed E-state index contributed by atoms with van der Waals surface area (Å²) in [5, 5.41) is 22.9. The number of aryl methyl sites for hydroxylation is 2. The van der Waals surface area contributed by atoms with Gasteiger partial charge in [-0.25, -0.2) is 13.5 Å². The van der Waals surface area contributed by atoms with Crippen molar-refractivity contribution in [3.05, 3.63) is 77.1 Å². The second-order valence-corrected chi connectivity index (χ2v) is 15.9. The number of aliphatic imine (C=N–C) groups is 1. The molecule has 3 amide bonds. The van der Waals surface area contributed by atoms with Crippen molar-refractivity contribution in [2.24, 2.45) is 18.0 Å². The minimum absolute atomic E-state index is 0.0221. The Morgan fingerprint density at radius 1 is 1.03 bits per heavy atom. The molecule has 3 N–H and O–H groups in total. The first-order valence-corrected chi connectivity index (χ1v) is 20.3. The molecule has 312 valence electrons. The van der Waals surface area contributed by atoms with Crippen LogP contribution in [0.25, 0.3) is 11.3 Å². The number of carbonyl (C=O) groups excluding carboxylic acids is 3. The Labute approximate surface area is 346 Å². The monoisotopic (exact) mass is 819 g/mol. The van der Waals surface area contributed by atoms with Crippen molar-refractivity contribution < 1.29 is 27.9 Å². The molecule has 3 atom stereocenters. The zero-order valence-electron chi connectivity index (χ0n) is 33.8. The van der Waals surface area contributed by atoms with E-state index in [0.29, 0.717) is 80.2 Å². The zero-order valence-corrected chi connectivity index (χ0v) is 33.8. The van der Waals surface area contributed by atoms with Crippen LogP contribution >= 0.6 is 0 Å². The number of hydrogen-bond acceptors (Lipinski definition) is 12. The highest BCUT2D eigenvalue weighted by Gasteiger charge is 2.34. The predicted molar refractivity (Wildman–Crippen MR) is 222 cm³/mol. The summed E-state index contributed by atoms with van der Waals surface area (Å²) < 4.78 is 38.1. The minimum Gasteiger partial charge on any atom is -0.477 e. The summed E-state index contributed by atoms with van der Waals surface area (Å²) in [6, 6.07) is 14.1. The molecule has 0 spiro atoms. The van der Waals surface area contributed by atoms with Crippen LogP contribution < -0.4 is 30.5 Å². The first-order chi connectivity index (χ1) is 28.9. The van der Waals surface area contributed by atoms with Crippen LogP contribution in [0.2, 0.25) is 0 Å². The van der Waals surface area contributed by atoms with E-state index >= 15 is 8.78 Å². The normalized spacial score (nSPS) is 21.8. The van der Waals surface area contributed by atoms with Crippen LogP contribution in [0.15, 0.2) is 53.7 Å². The molecule has 0 unspecified atom stereocenters. The van der Waals surface area contributed by atoms with E-state index in [4.69, 9.17) is 4.74 Å². The molecule has 0 radical (unpaired) electrons. The zero-order chi connectivity index (χ0) is 42.1. The Morgan fingerprint density at radius 2 is 1.85 bits per heavy atom. The maximum atomic E-state index is 15.1. The maximum Gasteiger partial charge on any atom is 0.280 e. The van der Waals surface area contributed by atoms with E-state index in [2.05, 4.69) is 64.8 Å². The summed E-state index contributed by atoms with van der Waals surface area (Å²) >= 11 is 0. The van der Waals surface area contributed by atoms with Crippen LogP contribution in [-0.2, 0) is 16.6 Å². The number of benzene rings is 2. The number of nitriles is 1. The lowest BCUT2D eigenvalue weighted by Gasteiger charge is -2.42. The second kappa shape index (κ2) is 17.1. The van der Waals surface area contributed by atoms with Gasteiger partial charge >= 0.3 is 0 Å². The number of guanidine groups is 1. The van der Waals surface area contributed by atoms with Crippen molar-refractivity contribution in [3.63, 3.8) is 0 Å². The highest BCUT2D eigenvalue weighted by Crippen LogP contribution is 2.39. The van der Waals surface area contributed by atoms with Crippen LogP contribution in [0.5, 0.6) is 5.88 Å². The van der Waals surface area contributed by atoms with Gasteiger partial charge in [0, 0.05) is 80.9 Å². The van der Waals surface area contributed by atoms with Gasteiger partial charge in [-0.05, 0) is 74.6 Å². The third-order valence-electron chi connectivity index (χ3n) is 11.6. The number of nitrogens with one attached hydrogen (secondary N) is 3. The number of rotatable bonds is 7. The number of amides is 3. The van der Waals surface area contributed by atoms with E-state index < -0.39 is 35.3 Å². The quantitative estimate of drug-likeness (QED) is 0.205. The number of fused-ring (bicyclic) bond motifs is 7. The molecule has 4 aliphatic rings. The van der Waals surface area contributed by atoms with E-state index in [9.17, 15) is 19.6 Å². The molecule has 2 fully saturated rings. The summed E-state index contributed by atoms with van der Waals surface area (Å²) in [7, 11) is 1.82. The molecular formula is C43H47F2N11O4. The van der Waals surface area contributed by atoms with Crippen molar-refractivity contribution in [3.8, 4) is 23.2 Å². The standard InChI is InChI=1S/C43H47F2N11O4/c1-25-5-4-16-60-42-32(22-48-53(42)3)36-18-27(17-26(2)49-36)40(58)52-43-50-35-8-6-29(21-37(35)56(43)23-25)55-15-14-54(24-30(55)10-11-46)13-12-47-28-19-33(44)39(34(45)20-28)31-7-9-38(57)51-41(31)59/h6,8,17-22,25,30-31,47H,4-5,7,9-10,12-16,23-24H2,1-3H3,(H,50,52,58)(H,51,57,59)/t25-,30+,31-/m1/s1. The number of piperazine rings is 1. The van der Waals surface area contributed by atoms with Crippen molar-refractivity contribution in [2.75, 3.05) is 66.3 Å². The maximum absolute atomic E-state index is 15.1. The van der Waals surface area contributed by atoms with Gasteiger partial charge in [0.1, 0.15) is 11.6 Å². The molecule has 4 aliphatic heterocycles. The van der Waals surface area contributed by atoms with E-state index in [0.717, 1.165) is 29.9 Å². The van der Waals surface area contributed by atoms with Gasteiger partial charge < -0.3 is 25.2 Å². The summed E-state index contributed by atoms with van der Waals surface area (Å²) in [5.74, 6) is -3.04. The van der Waals surface area contributed by atoms with Gasteiger partial charge in [-0.3, -0.25) is 29.6 Å². The number of ether oxygens (including phenoxy) is 1. The number of halogens is 2. The minimum atomic E-state index is -1.06. The van der Waals surface area contributed by atoms with Crippen LogP contribution in [-0.4, -0.2) is 95.3 Å². The van der Waals surface area contributed by atoms with Gasteiger partial charge in [0.25, 0.3) is 5.91 Å². The summed E-state index contributed by atoms with van der Waals surface area (Å²) in [5.41, 5.74) is 4.94. The average Bonchev–Trinajstić information content (AvgIpc) is 3.74. The number of nitrogens with zero attached hydrogens (tertiary/aromatic N) is 8. The summed E-state index contributed by atoms with van der Waals surface area (Å²) in [4.78, 5) is 53.5. The van der Waals surface area contributed by atoms with Crippen molar-refractivity contribution >= 4 is 46.4 Å². The molecule has 0 saturated carbocycles. The van der Waals surface area contributed by atoms with Gasteiger partial charge in [-0.2, -0.15) is 15.4 Å². The number of carbonyl (C=O) groups is 3. The van der Waals surface area contributed by atoms with Crippen LogP contribution in [0.3, 0.4) is 0 Å². The molecule has 4 aromatic rings. The van der Waals surface area contributed by atoms with Gasteiger partial charge in [0.2, 0.25) is 23.7 Å². The fourth-order valence-corrected chi connectivity index (χ4v) is 8.56.